The molecule has 0 radical (unpaired) electrons. The molecule has 0 amide bonds. The largest absolute Gasteiger partial charge is 0.148 e. The van der Waals surface area contributed by atoms with Gasteiger partial charge in [-0.05, 0) is 34.8 Å². The molecule has 1 unspecified atom stereocenters. The highest BCUT2D eigenvalue weighted by atomic mass is 32.1. The minimum absolute atomic E-state index is 0.318. The lowest BCUT2D eigenvalue weighted by molar-refractivity contribution is 0.559. The average molecular weight is 210 g/mol. The van der Waals surface area contributed by atoms with Gasteiger partial charge in [0.25, 0.3) is 0 Å². The van der Waals surface area contributed by atoms with E-state index in [1.54, 1.807) is 0 Å². The molecule has 0 nitrogen and oxygen atoms in total. The minimum atomic E-state index is 0.318. The molecule has 0 N–H and O–H groups in total. The first-order chi connectivity index (χ1) is 6.43. The van der Waals surface area contributed by atoms with Crippen LogP contribution in [0.15, 0.2) is 11.4 Å². The molecule has 0 bridgehead atoms. The Hall–Kier alpha value is -0.300. The maximum atomic E-state index is 2.39. The molecule has 0 saturated heterocycles. The maximum absolute atomic E-state index is 2.39. The Morgan fingerprint density at radius 3 is 2.43 bits per heavy atom. The Bertz CT molecular complexity index is 278. The van der Waals surface area contributed by atoms with Gasteiger partial charge in [0.05, 0.1) is 0 Å². The van der Waals surface area contributed by atoms with Crippen LogP contribution in [-0.4, -0.2) is 0 Å². The zero-order valence-electron chi connectivity index (χ0n) is 10.1. The molecule has 1 rings (SSSR count). The van der Waals surface area contributed by atoms with Gasteiger partial charge in [0.15, 0.2) is 0 Å². The van der Waals surface area contributed by atoms with Crippen LogP contribution in [0.5, 0.6) is 0 Å². The van der Waals surface area contributed by atoms with Crippen LogP contribution in [0, 0.1) is 5.92 Å². The van der Waals surface area contributed by atoms with E-state index >= 15 is 0 Å². The summed E-state index contributed by atoms with van der Waals surface area (Å²) in [5.74, 6) is 0.817. The molecule has 80 valence electrons. The zero-order chi connectivity index (χ0) is 10.8. The van der Waals surface area contributed by atoms with Gasteiger partial charge in [-0.15, -0.1) is 11.3 Å². The fraction of sp³-hybridized carbons (Fsp3) is 0.692. The SMILES string of the molecule is CCC(C)Cc1csc(C(C)(C)C)c1. The Kier molecular flexibility index (Phi) is 3.77. The molecule has 0 spiro atoms. The molecule has 0 fully saturated rings. The van der Waals surface area contributed by atoms with Crippen LogP contribution >= 0.6 is 11.3 Å². The smallest absolute Gasteiger partial charge is 0.0102 e. The third-order valence-electron chi connectivity index (χ3n) is 2.67. The lowest BCUT2D eigenvalue weighted by atomic mass is 9.93. The highest BCUT2D eigenvalue weighted by Gasteiger charge is 2.16. The van der Waals surface area contributed by atoms with Gasteiger partial charge in [0.2, 0.25) is 0 Å². The summed E-state index contributed by atoms with van der Waals surface area (Å²) in [7, 11) is 0. The summed E-state index contributed by atoms with van der Waals surface area (Å²) in [6.07, 6.45) is 2.52. The molecule has 0 aliphatic rings. The third kappa shape index (κ3) is 3.13. The van der Waals surface area contributed by atoms with Crippen LogP contribution in [0.25, 0.3) is 0 Å². The zero-order valence-corrected chi connectivity index (χ0v) is 10.9. The summed E-state index contributed by atoms with van der Waals surface area (Å²) >= 11 is 1.91. The molecule has 0 saturated carbocycles. The van der Waals surface area contributed by atoms with Gasteiger partial charge < -0.3 is 0 Å². The number of hydrogen-bond donors (Lipinski definition) is 0. The maximum Gasteiger partial charge on any atom is 0.0102 e. The Balaban J connectivity index is 2.69. The molecule has 1 aromatic heterocycles. The Labute approximate surface area is 92.4 Å². The van der Waals surface area contributed by atoms with E-state index in [1.807, 2.05) is 11.3 Å². The summed E-state index contributed by atoms with van der Waals surface area (Å²) in [6, 6.07) is 2.39. The summed E-state index contributed by atoms with van der Waals surface area (Å²) in [4.78, 5) is 1.51. The van der Waals surface area contributed by atoms with Gasteiger partial charge in [0.1, 0.15) is 0 Å². The molecule has 1 atom stereocenters. The van der Waals surface area contributed by atoms with Crippen molar-refractivity contribution in [3.05, 3.63) is 21.9 Å². The van der Waals surface area contributed by atoms with E-state index in [0.29, 0.717) is 5.41 Å². The second-order valence-electron chi connectivity index (χ2n) is 5.29. The highest BCUT2D eigenvalue weighted by Crippen LogP contribution is 2.29. The van der Waals surface area contributed by atoms with Crippen LogP contribution < -0.4 is 0 Å². The first-order valence-electron chi connectivity index (χ1n) is 5.51. The molecule has 1 aromatic rings. The Morgan fingerprint density at radius 2 is 2.00 bits per heavy atom. The average Bonchev–Trinajstić information content (AvgIpc) is 2.51. The van der Waals surface area contributed by atoms with Crippen molar-refractivity contribution in [3.63, 3.8) is 0 Å². The van der Waals surface area contributed by atoms with E-state index in [4.69, 9.17) is 0 Å². The molecular formula is C13H22S. The van der Waals surface area contributed by atoms with E-state index in [0.717, 1.165) is 5.92 Å². The van der Waals surface area contributed by atoms with Crippen molar-refractivity contribution in [2.75, 3.05) is 0 Å². The second-order valence-corrected chi connectivity index (χ2v) is 6.20. The van der Waals surface area contributed by atoms with Crippen LogP contribution in [0.3, 0.4) is 0 Å². The minimum Gasteiger partial charge on any atom is -0.148 e. The lowest BCUT2D eigenvalue weighted by Gasteiger charge is -2.15. The van der Waals surface area contributed by atoms with Crippen molar-refractivity contribution in [3.8, 4) is 0 Å². The van der Waals surface area contributed by atoms with Gasteiger partial charge in [-0.2, -0.15) is 0 Å². The molecule has 0 aromatic carbocycles. The van der Waals surface area contributed by atoms with Gasteiger partial charge >= 0.3 is 0 Å². The summed E-state index contributed by atoms with van der Waals surface area (Å²) in [6.45, 7) is 11.4. The topological polar surface area (TPSA) is 0 Å². The van der Waals surface area contributed by atoms with Crippen molar-refractivity contribution in [1.29, 1.82) is 0 Å². The number of hydrogen-bond acceptors (Lipinski definition) is 1. The predicted molar refractivity (Wildman–Crippen MR) is 66.2 cm³/mol. The fourth-order valence-electron chi connectivity index (χ4n) is 1.42. The van der Waals surface area contributed by atoms with Crippen molar-refractivity contribution in [1.82, 2.24) is 0 Å². The van der Waals surface area contributed by atoms with E-state index < -0.39 is 0 Å². The molecular weight excluding hydrogens is 188 g/mol. The van der Waals surface area contributed by atoms with Gasteiger partial charge in [-0.25, -0.2) is 0 Å². The molecule has 1 heterocycles. The van der Waals surface area contributed by atoms with Gasteiger partial charge in [-0.1, -0.05) is 41.0 Å². The summed E-state index contributed by atoms with van der Waals surface area (Å²) in [5.41, 5.74) is 1.84. The van der Waals surface area contributed by atoms with Crippen LogP contribution in [0.4, 0.5) is 0 Å². The lowest BCUT2D eigenvalue weighted by Crippen LogP contribution is -2.08. The first-order valence-corrected chi connectivity index (χ1v) is 6.39. The quantitative estimate of drug-likeness (QED) is 0.682. The molecule has 0 aliphatic heterocycles. The normalized spacial score (nSPS) is 14.4. The molecule has 1 heteroatoms. The van der Waals surface area contributed by atoms with Crippen molar-refractivity contribution >= 4 is 11.3 Å². The monoisotopic (exact) mass is 210 g/mol. The number of thiophene rings is 1. The predicted octanol–water partition coefficient (Wildman–Crippen LogP) is 4.63. The second kappa shape index (κ2) is 4.48. The van der Waals surface area contributed by atoms with Crippen LogP contribution in [-0.2, 0) is 11.8 Å². The van der Waals surface area contributed by atoms with E-state index in [9.17, 15) is 0 Å². The summed E-state index contributed by atoms with van der Waals surface area (Å²) < 4.78 is 0. The molecule has 0 aliphatic carbocycles. The van der Waals surface area contributed by atoms with Crippen molar-refractivity contribution in [2.24, 2.45) is 5.92 Å². The van der Waals surface area contributed by atoms with Crippen LogP contribution in [0.2, 0.25) is 0 Å². The first kappa shape index (κ1) is 11.8. The molecule has 14 heavy (non-hydrogen) atoms. The van der Waals surface area contributed by atoms with Crippen molar-refractivity contribution in [2.45, 2.75) is 52.9 Å². The third-order valence-corrected chi connectivity index (χ3v) is 4.08. The number of rotatable bonds is 3. The standard InChI is InChI=1S/C13H22S/c1-6-10(2)7-11-8-12(14-9-11)13(3,4)5/h8-10H,6-7H2,1-5H3. The fourth-order valence-corrected chi connectivity index (χ4v) is 2.44. The highest BCUT2D eigenvalue weighted by molar-refractivity contribution is 7.10. The van der Waals surface area contributed by atoms with E-state index in [-0.39, 0.29) is 0 Å². The van der Waals surface area contributed by atoms with E-state index in [1.165, 1.54) is 23.3 Å². The summed E-state index contributed by atoms with van der Waals surface area (Å²) in [5, 5.41) is 2.33. The van der Waals surface area contributed by atoms with Crippen molar-refractivity contribution < 1.29 is 0 Å². The Morgan fingerprint density at radius 1 is 1.36 bits per heavy atom. The van der Waals surface area contributed by atoms with Gasteiger partial charge in [0, 0.05) is 4.88 Å². The van der Waals surface area contributed by atoms with Gasteiger partial charge in [-0.3, -0.25) is 0 Å². The van der Waals surface area contributed by atoms with Crippen LogP contribution in [0.1, 0.15) is 51.5 Å². The van der Waals surface area contributed by atoms with E-state index in [2.05, 4.69) is 46.1 Å².